The van der Waals surface area contributed by atoms with Crippen LogP contribution in [-0.4, -0.2) is 55.9 Å². The molecule has 170 valence electrons. The fourth-order valence-corrected chi connectivity index (χ4v) is 5.04. The number of esters is 1. The standard InChI is InChI=1S/C23H26N2O5S2/c1-28-19-8-7-16(13-20(19)29-2)9-10-24-21(26)14-30-22(27)18-6-4-3-5-17(18)15-32-23-25-11-12-31-23/h3-8,13H,9-12,14-15H2,1-2H3,(H,24,26). The fraction of sp³-hybridized carbons (Fsp3) is 0.348. The minimum absolute atomic E-state index is 0.325. The maximum Gasteiger partial charge on any atom is 0.338 e. The van der Waals surface area contributed by atoms with E-state index in [1.54, 1.807) is 49.9 Å². The van der Waals surface area contributed by atoms with Crippen molar-refractivity contribution in [3.8, 4) is 11.5 Å². The summed E-state index contributed by atoms with van der Waals surface area (Å²) in [7, 11) is 3.16. The van der Waals surface area contributed by atoms with Gasteiger partial charge in [0, 0.05) is 18.1 Å². The van der Waals surface area contributed by atoms with Gasteiger partial charge in [0.25, 0.3) is 5.91 Å². The molecule has 0 saturated heterocycles. The van der Waals surface area contributed by atoms with Gasteiger partial charge in [-0.2, -0.15) is 0 Å². The number of thioether (sulfide) groups is 2. The predicted octanol–water partition coefficient (Wildman–Crippen LogP) is 3.56. The normalized spacial score (nSPS) is 12.8. The summed E-state index contributed by atoms with van der Waals surface area (Å²) in [5.41, 5.74) is 2.34. The Bertz CT molecular complexity index is 981. The number of ether oxygens (including phenoxy) is 3. The van der Waals surface area contributed by atoms with Gasteiger partial charge >= 0.3 is 5.97 Å². The van der Waals surface area contributed by atoms with Crippen LogP contribution in [0.25, 0.3) is 0 Å². The maximum atomic E-state index is 12.5. The third-order valence-corrected chi connectivity index (χ3v) is 6.97. The first-order valence-corrected chi connectivity index (χ1v) is 12.1. The average molecular weight is 475 g/mol. The predicted molar refractivity (Wildman–Crippen MR) is 129 cm³/mol. The van der Waals surface area contributed by atoms with Crippen LogP contribution < -0.4 is 14.8 Å². The Kier molecular flexibility index (Phi) is 9.30. The molecule has 2 aromatic rings. The second-order valence-corrected chi connectivity index (χ2v) is 9.11. The number of hydrogen-bond donors (Lipinski definition) is 1. The largest absolute Gasteiger partial charge is 0.493 e. The van der Waals surface area contributed by atoms with E-state index in [2.05, 4.69) is 10.3 Å². The van der Waals surface area contributed by atoms with Gasteiger partial charge in [0.1, 0.15) is 4.38 Å². The molecular weight excluding hydrogens is 448 g/mol. The molecule has 1 aliphatic heterocycles. The summed E-state index contributed by atoms with van der Waals surface area (Å²) in [6, 6.07) is 12.9. The highest BCUT2D eigenvalue weighted by molar-refractivity contribution is 8.38. The van der Waals surface area contributed by atoms with Gasteiger partial charge < -0.3 is 19.5 Å². The zero-order valence-corrected chi connectivity index (χ0v) is 19.7. The van der Waals surface area contributed by atoms with E-state index in [9.17, 15) is 9.59 Å². The van der Waals surface area contributed by atoms with E-state index in [4.69, 9.17) is 14.2 Å². The molecule has 2 aromatic carbocycles. The van der Waals surface area contributed by atoms with E-state index in [0.717, 1.165) is 27.8 Å². The highest BCUT2D eigenvalue weighted by Crippen LogP contribution is 2.28. The van der Waals surface area contributed by atoms with E-state index in [1.807, 2.05) is 30.3 Å². The van der Waals surface area contributed by atoms with Crippen molar-refractivity contribution < 1.29 is 23.8 Å². The van der Waals surface area contributed by atoms with Gasteiger partial charge in [-0.1, -0.05) is 47.8 Å². The summed E-state index contributed by atoms with van der Waals surface area (Å²) in [5, 5.41) is 2.77. The van der Waals surface area contributed by atoms with Crippen molar-refractivity contribution in [2.24, 2.45) is 4.99 Å². The maximum absolute atomic E-state index is 12.5. The van der Waals surface area contributed by atoms with Crippen LogP contribution in [0.3, 0.4) is 0 Å². The Morgan fingerprint density at radius 1 is 1.12 bits per heavy atom. The van der Waals surface area contributed by atoms with Crippen LogP contribution in [0.2, 0.25) is 0 Å². The Hall–Kier alpha value is -2.65. The highest BCUT2D eigenvalue weighted by Gasteiger charge is 2.16. The number of carbonyl (C=O) groups is 2. The van der Waals surface area contributed by atoms with Crippen LogP contribution in [0.15, 0.2) is 47.5 Å². The molecule has 1 N–H and O–H groups in total. The van der Waals surface area contributed by atoms with Crippen LogP contribution in [0.4, 0.5) is 0 Å². The smallest absolute Gasteiger partial charge is 0.338 e. The van der Waals surface area contributed by atoms with Crippen molar-refractivity contribution in [3.63, 3.8) is 0 Å². The zero-order chi connectivity index (χ0) is 22.8. The van der Waals surface area contributed by atoms with E-state index in [0.29, 0.717) is 35.8 Å². The molecule has 7 nitrogen and oxygen atoms in total. The first-order valence-electron chi connectivity index (χ1n) is 10.1. The quantitative estimate of drug-likeness (QED) is 0.527. The first kappa shape index (κ1) is 24.0. The molecule has 0 bridgehead atoms. The number of aliphatic imine (C=N–C) groups is 1. The van der Waals surface area contributed by atoms with Gasteiger partial charge in [0.15, 0.2) is 18.1 Å². The molecular formula is C23H26N2O5S2. The van der Waals surface area contributed by atoms with Crippen molar-refractivity contribution in [3.05, 3.63) is 59.2 Å². The lowest BCUT2D eigenvalue weighted by molar-refractivity contribution is -0.124. The molecule has 0 radical (unpaired) electrons. The van der Waals surface area contributed by atoms with Gasteiger partial charge in [-0.15, -0.1) is 0 Å². The van der Waals surface area contributed by atoms with Gasteiger partial charge in [-0.25, -0.2) is 4.79 Å². The van der Waals surface area contributed by atoms with Crippen molar-refractivity contribution in [2.45, 2.75) is 12.2 Å². The second kappa shape index (κ2) is 12.4. The van der Waals surface area contributed by atoms with Crippen molar-refractivity contribution in [1.29, 1.82) is 0 Å². The van der Waals surface area contributed by atoms with Crippen LogP contribution in [-0.2, 0) is 21.7 Å². The van der Waals surface area contributed by atoms with E-state index in [-0.39, 0.29) is 12.5 Å². The molecule has 1 heterocycles. The number of rotatable bonds is 10. The molecule has 0 spiro atoms. The molecule has 32 heavy (non-hydrogen) atoms. The number of amides is 1. The van der Waals surface area contributed by atoms with Gasteiger partial charge in [-0.3, -0.25) is 9.79 Å². The summed E-state index contributed by atoms with van der Waals surface area (Å²) in [6.45, 7) is 0.936. The molecule has 0 saturated carbocycles. The van der Waals surface area contributed by atoms with Gasteiger partial charge in [0.2, 0.25) is 0 Å². The molecule has 0 atom stereocenters. The number of nitrogens with one attached hydrogen (secondary N) is 1. The topological polar surface area (TPSA) is 86.2 Å². The van der Waals surface area contributed by atoms with Crippen molar-refractivity contribution in [1.82, 2.24) is 5.32 Å². The number of benzene rings is 2. The summed E-state index contributed by atoms with van der Waals surface area (Å²) in [6.07, 6.45) is 0.613. The van der Waals surface area contributed by atoms with Crippen LogP contribution >= 0.6 is 23.5 Å². The Balaban J connectivity index is 1.44. The Morgan fingerprint density at radius 3 is 2.69 bits per heavy atom. The molecule has 0 aliphatic carbocycles. The van der Waals surface area contributed by atoms with Crippen LogP contribution in [0, 0.1) is 0 Å². The number of hydrogen-bond acceptors (Lipinski definition) is 8. The minimum atomic E-state index is -0.503. The lowest BCUT2D eigenvalue weighted by atomic mass is 10.1. The summed E-state index contributed by atoms with van der Waals surface area (Å²) in [5.74, 6) is 2.09. The number of nitrogens with zero attached hydrogens (tertiary/aromatic N) is 1. The number of methoxy groups -OCH3 is 2. The molecule has 1 aliphatic rings. The van der Waals surface area contributed by atoms with E-state index < -0.39 is 5.97 Å². The lowest BCUT2D eigenvalue weighted by Crippen LogP contribution is -2.30. The molecule has 0 fully saturated rings. The lowest BCUT2D eigenvalue weighted by Gasteiger charge is -2.11. The first-order chi connectivity index (χ1) is 15.6. The minimum Gasteiger partial charge on any atom is -0.493 e. The average Bonchev–Trinajstić information content (AvgIpc) is 3.35. The van der Waals surface area contributed by atoms with Gasteiger partial charge in [-0.05, 0) is 35.7 Å². The Labute approximate surface area is 196 Å². The zero-order valence-electron chi connectivity index (χ0n) is 18.1. The van der Waals surface area contributed by atoms with Crippen LogP contribution in [0.1, 0.15) is 21.5 Å². The van der Waals surface area contributed by atoms with E-state index >= 15 is 0 Å². The fourth-order valence-electron chi connectivity index (χ4n) is 3.03. The molecule has 1 amide bonds. The molecule has 0 aromatic heterocycles. The molecule has 3 rings (SSSR count). The summed E-state index contributed by atoms with van der Waals surface area (Å²) < 4.78 is 16.8. The molecule has 9 heteroatoms. The van der Waals surface area contributed by atoms with E-state index in [1.165, 1.54) is 0 Å². The molecule has 0 unspecified atom stereocenters. The second-order valence-electron chi connectivity index (χ2n) is 6.81. The highest BCUT2D eigenvalue weighted by atomic mass is 32.2. The van der Waals surface area contributed by atoms with Crippen molar-refractivity contribution in [2.75, 3.05) is 39.7 Å². The third kappa shape index (κ3) is 6.93. The van der Waals surface area contributed by atoms with Crippen LogP contribution in [0.5, 0.6) is 11.5 Å². The third-order valence-electron chi connectivity index (χ3n) is 4.66. The SMILES string of the molecule is COc1ccc(CCNC(=O)COC(=O)c2ccccc2CSC2=NCCS2)cc1OC. The van der Waals surface area contributed by atoms with Crippen molar-refractivity contribution >= 4 is 39.8 Å². The van der Waals surface area contributed by atoms with Gasteiger partial charge in [0.05, 0.1) is 26.3 Å². The monoisotopic (exact) mass is 474 g/mol. The summed E-state index contributed by atoms with van der Waals surface area (Å²) >= 11 is 3.35. The summed E-state index contributed by atoms with van der Waals surface area (Å²) in [4.78, 5) is 29.1. The Morgan fingerprint density at radius 2 is 1.94 bits per heavy atom. The number of carbonyl (C=O) groups excluding carboxylic acids is 2.